The molecule has 1 aliphatic rings. The molecule has 0 aromatic carbocycles. The van der Waals surface area contributed by atoms with Crippen molar-refractivity contribution in [2.75, 3.05) is 31.3 Å². The summed E-state index contributed by atoms with van der Waals surface area (Å²) < 4.78 is 5.51. The second-order valence-electron chi connectivity index (χ2n) is 6.88. The molecular weight excluding hydrogens is 318 g/mol. The summed E-state index contributed by atoms with van der Waals surface area (Å²) >= 11 is 2.06. The first-order valence-corrected chi connectivity index (χ1v) is 11.4. The molecule has 1 unspecified atom stereocenters. The molecule has 0 bridgehead atoms. The van der Waals surface area contributed by atoms with Crippen LogP contribution < -0.4 is 0 Å². The smallest absolute Gasteiger partial charge is 0.222 e. The molecule has 1 heterocycles. The van der Waals surface area contributed by atoms with Crippen molar-refractivity contribution in [3.8, 4) is 0 Å². The molecule has 3 nitrogen and oxygen atoms in total. The Morgan fingerprint density at radius 2 is 1.67 bits per heavy atom. The number of thioether (sulfide) groups is 1. The Morgan fingerprint density at radius 3 is 2.38 bits per heavy atom. The Kier molecular flexibility index (Phi) is 13.7. The minimum Gasteiger partial charge on any atom is -0.380 e. The van der Waals surface area contributed by atoms with E-state index in [0.29, 0.717) is 25.0 Å². The fraction of sp³-hybridized carbons (Fsp3) is 0.950. The molecule has 142 valence electrons. The van der Waals surface area contributed by atoms with Gasteiger partial charge in [-0.1, -0.05) is 51.9 Å². The zero-order chi connectivity index (χ0) is 17.5. The Bertz CT molecular complexity index is 312. The second kappa shape index (κ2) is 15.1. The highest BCUT2D eigenvalue weighted by Gasteiger charge is 2.30. The third kappa shape index (κ3) is 9.93. The highest BCUT2D eigenvalue weighted by molar-refractivity contribution is 7.99. The average Bonchev–Trinajstić information content (AvgIpc) is 2.94. The molecule has 1 aliphatic heterocycles. The van der Waals surface area contributed by atoms with Gasteiger partial charge in [-0.05, 0) is 37.7 Å². The number of likely N-dealkylation sites (tertiary alicyclic amines) is 1. The summed E-state index contributed by atoms with van der Waals surface area (Å²) in [6.07, 6.45) is 14.0. The van der Waals surface area contributed by atoms with E-state index >= 15 is 0 Å². The normalized spacial score (nSPS) is 17.8. The van der Waals surface area contributed by atoms with Crippen LogP contribution in [0.25, 0.3) is 0 Å². The molecule has 1 atom stereocenters. The number of amides is 1. The van der Waals surface area contributed by atoms with Crippen LogP contribution in [0.1, 0.15) is 84.5 Å². The molecule has 24 heavy (non-hydrogen) atoms. The fourth-order valence-electron chi connectivity index (χ4n) is 3.30. The third-order valence-corrected chi connectivity index (χ3v) is 5.95. The van der Waals surface area contributed by atoms with E-state index in [-0.39, 0.29) is 0 Å². The van der Waals surface area contributed by atoms with Gasteiger partial charge in [-0.25, -0.2) is 0 Å². The molecule has 0 radical (unpaired) electrons. The van der Waals surface area contributed by atoms with Gasteiger partial charge in [0, 0.05) is 19.6 Å². The van der Waals surface area contributed by atoms with Crippen molar-refractivity contribution < 1.29 is 9.53 Å². The largest absolute Gasteiger partial charge is 0.380 e. The Labute approximate surface area is 154 Å². The number of hydrogen-bond acceptors (Lipinski definition) is 3. The third-order valence-electron chi connectivity index (χ3n) is 4.80. The number of nitrogens with zero attached hydrogens (tertiary/aromatic N) is 1. The van der Waals surface area contributed by atoms with E-state index in [9.17, 15) is 4.79 Å². The Balaban J connectivity index is 1.91. The van der Waals surface area contributed by atoms with Crippen LogP contribution in [-0.4, -0.2) is 48.1 Å². The lowest BCUT2D eigenvalue weighted by Gasteiger charge is -2.24. The molecule has 0 N–H and O–H groups in total. The topological polar surface area (TPSA) is 29.5 Å². The van der Waals surface area contributed by atoms with Crippen LogP contribution in [0.4, 0.5) is 0 Å². The standard InChI is InChI=1S/C20H39NO2S/c1-3-5-6-7-8-9-10-11-16-24-17-12-15-21-19(18-23-4-2)13-14-20(21)22/h19H,3-18H2,1-2H3. The lowest BCUT2D eigenvalue weighted by atomic mass is 10.1. The maximum absolute atomic E-state index is 11.9. The SMILES string of the molecule is CCCCCCCCCCSCCCN1C(=O)CCC1COCC. The molecule has 1 amide bonds. The van der Waals surface area contributed by atoms with Crippen molar-refractivity contribution in [2.45, 2.75) is 90.5 Å². The predicted molar refractivity (Wildman–Crippen MR) is 106 cm³/mol. The zero-order valence-electron chi connectivity index (χ0n) is 16.1. The molecule has 0 aliphatic carbocycles. The minimum atomic E-state index is 0.327. The molecule has 0 aromatic rings. The first-order chi connectivity index (χ1) is 11.8. The molecule has 1 fully saturated rings. The van der Waals surface area contributed by atoms with Gasteiger partial charge in [0.2, 0.25) is 5.91 Å². The Morgan fingerprint density at radius 1 is 1.00 bits per heavy atom. The molecule has 0 spiro atoms. The van der Waals surface area contributed by atoms with Gasteiger partial charge < -0.3 is 9.64 Å². The Hall–Kier alpha value is -0.220. The van der Waals surface area contributed by atoms with E-state index in [2.05, 4.69) is 23.6 Å². The summed E-state index contributed by atoms with van der Waals surface area (Å²) in [6, 6.07) is 0.329. The summed E-state index contributed by atoms with van der Waals surface area (Å²) in [6.45, 7) is 6.67. The predicted octanol–water partition coefficient (Wildman–Crippen LogP) is 5.28. The minimum absolute atomic E-state index is 0.327. The highest BCUT2D eigenvalue weighted by Crippen LogP contribution is 2.20. The van der Waals surface area contributed by atoms with Crippen molar-refractivity contribution >= 4 is 17.7 Å². The molecule has 4 heteroatoms. The number of carbonyl (C=O) groups is 1. The first-order valence-electron chi connectivity index (χ1n) is 10.2. The van der Waals surface area contributed by atoms with E-state index in [4.69, 9.17) is 4.74 Å². The van der Waals surface area contributed by atoms with E-state index in [1.54, 1.807) is 0 Å². The van der Waals surface area contributed by atoms with Crippen LogP contribution in [0.15, 0.2) is 0 Å². The monoisotopic (exact) mass is 357 g/mol. The van der Waals surface area contributed by atoms with Gasteiger partial charge >= 0.3 is 0 Å². The molecular formula is C20H39NO2S. The highest BCUT2D eigenvalue weighted by atomic mass is 32.2. The summed E-state index contributed by atoms with van der Waals surface area (Å²) in [5.74, 6) is 2.79. The maximum atomic E-state index is 11.9. The maximum Gasteiger partial charge on any atom is 0.222 e. The zero-order valence-corrected chi connectivity index (χ0v) is 16.9. The van der Waals surface area contributed by atoms with Crippen molar-refractivity contribution in [3.05, 3.63) is 0 Å². The van der Waals surface area contributed by atoms with Crippen molar-refractivity contribution in [3.63, 3.8) is 0 Å². The van der Waals surface area contributed by atoms with Crippen molar-refractivity contribution in [1.29, 1.82) is 0 Å². The van der Waals surface area contributed by atoms with Crippen molar-refractivity contribution in [2.24, 2.45) is 0 Å². The number of carbonyl (C=O) groups excluding carboxylic acids is 1. The van der Waals surface area contributed by atoms with Crippen LogP contribution in [0.3, 0.4) is 0 Å². The lowest BCUT2D eigenvalue weighted by molar-refractivity contribution is -0.129. The summed E-state index contributed by atoms with van der Waals surface area (Å²) in [7, 11) is 0. The fourth-order valence-corrected chi connectivity index (χ4v) is 4.25. The summed E-state index contributed by atoms with van der Waals surface area (Å²) in [4.78, 5) is 14.0. The van der Waals surface area contributed by atoms with E-state index in [1.165, 1.54) is 62.9 Å². The molecule has 1 rings (SSSR count). The van der Waals surface area contributed by atoms with Gasteiger partial charge in [0.1, 0.15) is 0 Å². The van der Waals surface area contributed by atoms with Crippen LogP contribution >= 0.6 is 11.8 Å². The number of ether oxygens (including phenoxy) is 1. The van der Waals surface area contributed by atoms with Crippen LogP contribution in [0, 0.1) is 0 Å². The second-order valence-corrected chi connectivity index (χ2v) is 8.10. The molecule has 1 saturated heterocycles. The van der Waals surface area contributed by atoms with Crippen LogP contribution in [-0.2, 0) is 9.53 Å². The number of hydrogen-bond donors (Lipinski definition) is 0. The number of unbranched alkanes of at least 4 members (excludes halogenated alkanes) is 7. The van der Waals surface area contributed by atoms with Gasteiger partial charge in [0.25, 0.3) is 0 Å². The average molecular weight is 358 g/mol. The number of rotatable bonds is 16. The quantitative estimate of drug-likeness (QED) is 0.352. The van der Waals surface area contributed by atoms with E-state index in [0.717, 1.165) is 26.0 Å². The summed E-state index contributed by atoms with van der Waals surface area (Å²) in [5.41, 5.74) is 0. The van der Waals surface area contributed by atoms with E-state index in [1.807, 2.05) is 6.92 Å². The van der Waals surface area contributed by atoms with Gasteiger partial charge in [-0.2, -0.15) is 11.8 Å². The van der Waals surface area contributed by atoms with Gasteiger partial charge in [-0.3, -0.25) is 4.79 Å². The molecule has 0 saturated carbocycles. The lowest BCUT2D eigenvalue weighted by Crippen LogP contribution is -2.37. The van der Waals surface area contributed by atoms with Crippen LogP contribution in [0.5, 0.6) is 0 Å². The molecule has 0 aromatic heterocycles. The van der Waals surface area contributed by atoms with Gasteiger partial charge in [0.05, 0.1) is 12.6 Å². The van der Waals surface area contributed by atoms with E-state index < -0.39 is 0 Å². The van der Waals surface area contributed by atoms with Gasteiger partial charge in [-0.15, -0.1) is 0 Å². The van der Waals surface area contributed by atoms with Crippen molar-refractivity contribution in [1.82, 2.24) is 4.90 Å². The summed E-state index contributed by atoms with van der Waals surface area (Å²) in [5, 5.41) is 0. The van der Waals surface area contributed by atoms with Gasteiger partial charge in [0.15, 0.2) is 0 Å². The van der Waals surface area contributed by atoms with Crippen LogP contribution in [0.2, 0.25) is 0 Å². The first kappa shape index (κ1) is 21.8.